The van der Waals surface area contributed by atoms with Gasteiger partial charge in [0.1, 0.15) is 0 Å². The Morgan fingerprint density at radius 3 is 2.42 bits per heavy atom. The van der Waals surface area contributed by atoms with Crippen molar-refractivity contribution in [3.8, 4) is 0 Å². The number of nitrogens with one attached hydrogen (secondary N) is 2. The number of benzene rings is 1. The van der Waals surface area contributed by atoms with Crippen molar-refractivity contribution in [3.63, 3.8) is 0 Å². The molecular weight excluding hydrogens is 320 g/mol. The number of aromatic nitrogens is 2. The van der Waals surface area contributed by atoms with Gasteiger partial charge >= 0.3 is 0 Å². The van der Waals surface area contributed by atoms with Gasteiger partial charge in [0.05, 0.1) is 4.88 Å². The summed E-state index contributed by atoms with van der Waals surface area (Å²) in [7, 11) is 0. The van der Waals surface area contributed by atoms with Gasteiger partial charge in [0.2, 0.25) is 0 Å². The molecule has 0 aliphatic heterocycles. The van der Waals surface area contributed by atoms with Crippen molar-refractivity contribution >= 4 is 34.6 Å². The predicted molar refractivity (Wildman–Crippen MR) is 98.1 cm³/mol. The molecule has 0 unspecified atom stereocenters. The first kappa shape index (κ1) is 16.1. The van der Waals surface area contributed by atoms with E-state index in [1.807, 2.05) is 29.6 Å². The van der Waals surface area contributed by atoms with Gasteiger partial charge in [-0.05, 0) is 41.1 Å². The van der Waals surface area contributed by atoms with E-state index in [1.165, 1.54) is 16.9 Å². The number of hydrogen-bond donors (Lipinski definition) is 2. The second-order valence-corrected chi connectivity index (χ2v) is 6.55. The molecule has 6 heteroatoms. The van der Waals surface area contributed by atoms with Gasteiger partial charge in [-0.1, -0.05) is 38.1 Å². The summed E-state index contributed by atoms with van der Waals surface area (Å²) < 4.78 is 0. The Balaban J connectivity index is 1.70. The SMILES string of the molecule is CC(C)c1ccccc1Nc1ccc(NC(=O)c2cccs2)nn1. The third kappa shape index (κ3) is 3.78. The van der Waals surface area contributed by atoms with E-state index in [0.29, 0.717) is 22.4 Å². The van der Waals surface area contributed by atoms with E-state index in [0.717, 1.165) is 5.69 Å². The summed E-state index contributed by atoms with van der Waals surface area (Å²) in [6.45, 7) is 4.30. The van der Waals surface area contributed by atoms with E-state index >= 15 is 0 Å². The minimum Gasteiger partial charge on any atom is -0.338 e. The molecule has 0 bridgehead atoms. The van der Waals surface area contributed by atoms with Gasteiger partial charge in [-0.15, -0.1) is 21.5 Å². The van der Waals surface area contributed by atoms with Crippen LogP contribution in [0.3, 0.4) is 0 Å². The van der Waals surface area contributed by atoms with Crippen molar-refractivity contribution in [2.24, 2.45) is 0 Å². The maximum atomic E-state index is 12.0. The number of rotatable bonds is 5. The second-order valence-electron chi connectivity index (χ2n) is 5.60. The van der Waals surface area contributed by atoms with Gasteiger partial charge in [-0.25, -0.2) is 0 Å². The Morgan fingerprint density at radius 1 is 1.00 bits per heavy atom. The maximum absolute atomic E-state index is 12.0. The molecule has 1 amide bonds. The highest BCUT2D eigenvalue weighted by Gasteiger charge is 2.09. The maximum Gasteiger partial charge on any atom is 0.266 e. The summed E-state index contributed by atoms with van der Waals surface area (Å²) in [5, 5.41) is 16.1. The Morgan fingerprint density at radius 2 is 1.75 bits per heavy atom. The van der Waals surface area contributed by atoms with Crippen LogP contribution in [0.15, 0.2) is 53.9 Å². The fourth-order valence-electron chi connectivity index (χ4n) is 2.30. The van der Waals surface area contributed by atoms with Crippen LogP contribution < -0.4 is 10.6 Å². The van der Waals surface area contributed by atoms with E-state index < -0.39 is 0 Å². The monoisotopic (exact) mass is 338 g/mol. The summed E-state index contributed by atoms with van der Waals surface area (Å²) in [4.78, 5) is 12.6. The molecule has 0 aliphatic rings. The lowest BCUT2D eigenvalue weighted by Gasteiger charge is -2.13. The minimum absolute atomic E-state index is 0.176. The topological polar surface area (TPSA) is 66.9 Å². The summed E-state index contributed by atoms with van der Waals surface area (Å²) in [6.07, 6.45) is 0. The van der Waals surface area contributed by atoms with Crippen LogP contribution >= 0.6 is 11.3 Å². The highest BCUT2D eigenvalue weighted by Crippen LogP contribution is 2.26. The largest absolute Gasteiger partial charge is 0.338 e. The summed E-state index contributed by atoms with van der Waals surface area (Å²) in [5.41, 5.74) is 2.23. The van der Waals surface area contributed by atoms with Crippen LogP contribution in [0.4, 0.5) is 17.3 Å². The van der Waals surface area contributed by atoms with Crippen molar-refractivity contribution in [3.05, 3.63) is 64.4 Å². The molecule has 2 N–H and O–H groups in total. The lowest BCUT2D eigenvalue weighted by molar-refractivity contribution is 0.103. The molecule has 0 saturated heterocycles. The van der Waals surface area contributed by atoms with Crippen molar-refractivity contribution in [1.82, 2.24) is 10.2 Å². The molecule has 0 spiro atoms. The summed E-state index contributed by atoms with van der Waals surface area (Å²) in [5.74, 6) is 1.30. The average molecular weight is 338 g/mol. The number of carbonyl (C=O) groups is 1. The number of amides is 1. The second kappa shape index (κ2) is 7.23. The van der Waals surface area contributed by atoms with Crippen LogP contribution in [0.2, 0.25) is 0 Å². The Labute approximate surface area is 144 Å². The van der Waals surface area contributed by atoms with E-state index in [1.54, 1.807) is 18.2 Å². The van der Waals surface area contributed by atoms with Crippen molar-refractivity contribution in [2.75, 3.05) is 10.6 Å². The van der Waals surface area contributed by atoms with Gasteiger partial charge in [0, 0.05) is 5.69 Å². The van der Waals surface area contributed by atoms with Gasteiger partial charge in [0.15, 0.2) is 11.6 Å². The molecule has 1 aromatic carbocycles. The first-order valence-corrected chi connectivity index (χ1v) is 8.56. The third-order valence-electron chi connectivity index (χ3n) is 3.50. The van der Waals surface area contributed by atoms with Crippen molar-refractivity contribution in [1.29, 1.82) is 0 Å². The van der Waals surface area contributed by atoms with E-state index in [9.17, 15) is 4.79 Å². The fraction of sp³-hybridized carbons (Fsp3) is 0.167. The zero-order valence-electron chi connectivity index (χ0n) is 13.5. The molecule has 3 rings (SSSR count). The molecule has 0 fully saturated rings. The van der Waals surface area contributed by atoms with Crippen LogP contribution in [-0.4, -0.2) is 16.1 Å². The Bertz CT molecular complexity index is 813. The van der Waals surface area contributed by atoms with E-state index in [2.05, 4.69) is 40.7 Å². The molecule has 0 saturated carbocycles. The normalized spacial score (nSPS) is 10.6. The summed E-state index contributed by atoms with van der Waals surface area (Å²) >= 11 is 1.39. The smallest absolute Gasteiger partial charge is 0.266 e. The first-order chi connectivity index (χ1) is 11.6. The highest BCUT2D eigenvalue weighted by atomic mass is 32.1. The van der Waals surface area contributed by atoms with Gasteiger partial charge in [-0.2, -0.15) is 0 Å². The molecule has 2 heterocycles. The van der Waals surface area contributed by atoms with Gasteiger partial charge < -0.3 is 10.6 Å². The predicted octanol–water partition coefficient (Wildman–Crippen LogP) is 4.66. The third-order valence-corrected chi connectivity index (χ3v) is 4.37. The van der Waals surface area contributed by atoms with Crippen LogP contribution in [0.25, 0.3) is 0 Å². The summed E-state index contributed by atoms with van der Waals surface area (Å²) in [6, 6.07) is 15.3. The Kier molecular flexibility index (Phi) is 4.86. The number of hydrogen-bond acceptors (Lipinski definition) is 5. The van der Waals surface area contributed by atoms with Crippen molar-refractivity contribution < 1.29 is 4.79 Å². The van der Waals surface area contributed by atoms with Crippen LogP contribution in [0.5, 0.6) is 0 Å². The quantitative estimate of drug-likeness (QED) is 0.710. The molecular formula is C18H18N4OS. The van der Waals surface area contributed by atoms with E-state index in [4.69, 9.17) is 0 Å². The van der Waals surface area contributed by atoms with Crippen molar-refractivity contribution in [2.45, 2.75) is 19.8 Å². The molecule has 0 aliphatic carbocycles. The number of thiophene rings is 1. The molecule has 122 valence electrons. The molecule has 3 aromatic rings. The Hall–Kier alpha value is -2.73. The van der Waals surface area contributed by atoms with Crippen LogP contribution in [-0.2, 0) is 0 Å². The number of carbonyl (C=O) groups excluding carboxylic acids is 1. The molecule has 0 radical (unpaired) electrons. The molecule has 5 nitrogen and oxygen atoms in total. The molecule has 0 atom stereocenters. The first-order valence-electron chi connectivity index (χ1n) is 7.68. The fourth-order valence-corrected chi connectivity index (χ4v) is 2.92. The molecule has 2 aromatic heterocycles. The van der Waals surface area contributed by atoms with Crippen LogP contribution in [0.1, 0.15) is 35.0 Å². The van der Waals surface area contributed by atoms with Gasteiger partial charge in [0.25, 0.3) is 5.91 Å². The lowest BCUT2D eigenvalue weighted by atomic mass is 10.0. The zero-order valence-corrected chi connectivity index (χ0v) is 14.3. The standard InChI is InChI=1S/C18H18N4OS/c1-12(2)13-6-3-4-7-14(13)19-16-9-10-17(22-21-16)20-18(23)15-8-5-11-24-15/h3-12H,1-2H3,(H,19,21)(H,20,22,23). The molecule has 24 heavy (non-hydrogen) atoms. The van der Waals surface area contributed by atoms with Gasteiger partial charge in [-0.3, -0.25) is 4.79 Å². The lowest BCUT2D eigenvalue weighted by Crippen LogP contribution is -2.12. The number of anilines is 3. The zero-order chi connectivity index (χ0) is 16.9. The number of para-hydroxylation sites is 1. The van der Waals surface area contributed by atoms with Crippen LogP contribution in [0, 0.1) is 0 Å². The van der Waals surface area contributed by atoms with E-state index in [-0.39, 0.29) is 5.91 Å². The number of nitrogens with zero attached hydrogens (tertiary/aromatic N) is 2. The highest BCUT2D eigenvalue weighted by molar-refractivity contribution is 7.12. The minimum atomic E-state index is -0.176. The average Bonchev–Trinajstić information content (AvgIpc) is 3.11.